The van der Waals surface area contributed by atoms with Crippen molar-refractivity contribution in [2.75, 3.05) is 48.0 Å². The average molecular weight is 544 g/mol. The molecule has 6 aliphatic heterocycles. The third kappa shape index (κ3) is 4.74. The molecule has 8 nitrogen and oxygen atoms in total. The Bertz CT molecular complexity index is 1240. The zero-order valence-corrected chi connectivity index (χ0v) is 21.6. The molecule has 0 radical (unpaired) electrons. The van der Waals surface area contributed by atoms with E-state index in [0.717, 1.165) is 42.0 Å². The van der Waals surface area contributed by atoms with Gasteiger partial charge in [-0.1, -0.05) is 6.07 Å². The number of hydrogen-bond acceptors (Lipinski definition) is 7. The highest BCUT2D eigenvalue weighted by molar-refractivity contribution is 6.00. The maximum atomic E-state index is 14.3. The molecule has 0 spiro atoms. The van der Waals surface area contributed by atoms with Crippen LogP contribution in [0.4, 0.5) is 36.1 Å². The van der Waals surface area contributed by atoms with E-state index in [1.165, 1.54) is 4.90 Å². The number of morpholine rings is 2. The molecule has 7 heterocycles. The maximum Gasteiger partial charge on any atom is 0.401 e. The van der Waals surface area contributed by atoms with Gasteiger partial charge in [0, 0.05) is 42.0 Å². The molecule has 4 bridgehead atoms. The van der Waals surface area contributed by atoms with Crippen LogP contribution in [0, 0.1) is 5.92 Å². The molecule has 11 heteroatoms. The van der Waals surface area contributed by atoms with Gasteiger partial charge < -0.3 is 24.6 Å². The minimum absolute atomic E-state index is 0.0565. The van der Waals surface area contributed by atoms with Gasteiger partial charge in [0.2, 0.25) is 5.91 Å². The van der Waals surface area contributed by atoms with Gasteiger partial charge in [-0.3, -0.25) is 9.69 Å². The number of pyridine rings is 1. The number of ether oxygens (including phenoxy) is 2. The molecule has 1 amide bonds. The summed E-state index contributed by atoms with van der Waals surface area (Å²) in [5.74, 6) is 0.263. The number of aromatic nitrogens is 1. The summed E-state index contributed by atoms with van der Waals surface area (Å²) in [7, 11) is 0. The van der Waals surface area contributed by atoms with Gasteiger partial charge in [-0.15, -0.1) is 0 Å². The first-order valence-electron chi connectivity index (χ1n) is 13.8. The summed E-state index contributed by atoms with van der Waals surface area (Å²) in [6.45, 7) is 1.34. The number of nitrogens with one attached hydrogen (secondary N) is 1. The highest BCUT2D eigenvalue weighted by Gasteiger charge is 2.47. The summed E-state index contributed by atoms with van der Waals surface area (Å²) in [5.41, 5.74) is 3.51. The van der Waals surface area contributed by atoms with Gasteiger partial charge in [-0.05, 0) is 49.9 Å². The Kier molecular flexibility index (Phi) is 6.20. The van der Waals surface area contributed by atoms with E-state index in [1.807, 2.05) is 23.1 Å². The Balaban J connectivity index is 1.21. The summed E-state index contributed by atoms with van der Waals surface area (Å²) < 4.78 is 51.5. The highest BCUT2D eigenvalue weighted by atomic mass is 19.4. The molecule has 39 heavy (non-hydrogen) atoms. The van der Waals surface area contributed by atoms with Gasteiger partial charge in [0.05, 0.1) is 56.4 Å². The van der Waals surface area contributed by atoms with E-state index in [0.29, 0.717) is 37.9 Å². The van der Waals surface area contributed by atoms with Crippen molar-refractivity contribution < 1.29 is 27.4 Å². The van der Waals surface area contributed by atoms with Crippen LogP contribution in [0.3, 0.4) is 0 Å². The molecule has 208 valence electrons. The first kappa shape index (κ1) is 25.1. The van der Waals surface area contributed by atoms with Gasteiger partial charge >= 0.3 is 6.18 Å². The molecule has 1 aromatic carbocycles. The van der Waals surface area contributed by atoms with Crippen LogP contribution in [0.1, 0.15) is 31.2 Å². The second kappa shape index (κ2) is 9.64. The van der Waals surface area contributed by atoms with Gasteiger partial charge in [0.15, 0.2) is 0 Å². The minimum atomic E-state index is -4.29. The molecule has 1 N–H and O–H groups in total. The van der Waals surface area contributed by atoms with Gasteiger partial charge in [-0.25, -0.2) is 4.98 Å². The third-order valence-electron chi connectivity index (χ3n) is 8.91. The maximum absolute atomic E-state index is 14.3. The van der Waals surface area contributed by atoms with E-state index >= 15 is 0 Å². The summed E-state index contributed by atoms with van der Waals surface area (Å²) >= 11 is 0. The van der Waals surface area contributed by atoms with Gasteiger partial charge in [0.1, 0.15) is 5.82 Å². The molecule has 4 atom stereocenters. The lowest BCUT2D eigenvalue weighted by atomic mass is 9.83. The smallest absolute Gasteiger partial charge is 0.378 e. The van der Waals surface area contributed by atoms with Crippen molar-refractivity contribution in [3.63, 3.8) is 0 Å². The van der Waals surface area contributed by atoms with Crippen molar-refractivity contribution in [1.82, 2.24) is 9.88 Å². The standard InChI is InChI=1S/C28H32F3N5O3/c29-28(30,31)16-36-21-8-18(9-22(36)14-38-13-21)27(37)35-11-17-2-1-7-32-26(17)33-24-6-4-19(10-25(24)35)34-12-23-5-3-20(34)15-39-23/h1-2,4,6-7,10,18,20-23H,3,5,8-9,11-16H2,(H,32,33)/t20-,21-,22-,23-/m0/s1. The second-order valence-corrected chi connectivity index (χ2v) is 11.4. The molecule has 2 aromatic rings. The molecule has 0 saturated carbocycles. The SMILES string of the molecule is O=C(C1C[C@H]2COC[C@H](C1)N2CC(F)(F)F)N1Cc2cccnc2Nc2ccc(N3C[C@@H]4CC[C@H]3CO4)cc21. The van der Waals surface area contributed by atoms with Crippen LogP contribution in [0.15, 0.2) is 36.5 Å². The Morgan fingerprint density at radius 3 is 2.59 bits per heavy atom. The highest BCUT2D eigenvalue weighted by Crippen LogP contribution is 2.42. The molecule has 6 aliphatic rings. The predicted octanol–water partition coefficient (Wildman–Crippen LogP) is 4.08. The molecule has 0 aliphatic carbocycles. The minimum Gasteiger partial charge on any atom is -0.378 e. The van der Waals surface area contributed by atoms with E-state index in [-0.39, 0.29) is 31.1 Å². The molecule has 5 saturated heterocycles. The van der Waals surface area contributed by atoms with Crippen LogP contribution in [0.5, 0.6) is 0 Å². The number of carbonyl (C=O) groups is 1. The van der Waals surface area contributed by atoms with Crippen molar-refractivity contribution in [3.05, 3.63) is 42.1 Å². The van der Waals surface area contributed by atoms with Crippen molar-refractivity contribution >= 4 is 28.8 Å². The summed E-state index contributed by atoms with van der Waals surface area (Å²) in [6, 6.07) is 9.43. The Hall–Kier alpha value is -2.89. The fraction of sp³-hybridized carbons (Fsp3) is 0.571. The second-order valence-electron chi connectivity index (χ2n) is 11.4. The van der Waals surface area contributed by atoms with Crippen molar-refractivity contribution in [3.8, 4) is 0 Å². The van der Waals surface area contributed by atoms with E-state index in [9.17, 15) is 18.0 Å². The lowest BCUT2D eigenvalue weighted by molar-refractivity contribution is -0.184. The number of piperidine rings is 2. The first-order valence-corrected chi connectivity index (χ1v) is 13.8. The summed E-state index contributed by atoms with van der Waals surface area (Å²) in [4.78, 5) is 24.5. The largest absolute Gasteiger partial charge is 0.401 e. The normalized spacial score (nSPS) is 30.3. The van der Waals surface area contributed by atoms with Crippen LogP contribution in [-0.2, 0) is 20.8 Å². The molecule has 5 fully saturated rings. The number of fused-ring (bicyclic) bond motifs is 7. The summed E-state index contributed by atoms with van der Waals surface area (Å²) in [6.07, 6.45) is 0.500. The number of alkyl halides is 3. The fourth-order valence-corrected chi connectivity index (χ4v) is 7.03. The van der Waals surface area contributed by atoms with Crippen molar-refractivity contribution in [1.29, 1.82) is 0 Å². The number of rotatable bonds is 3. The quantitative estimate of drug-likeness (QED) is 0.626. The van der Waals surface area contributed by atoms with Crippen LogP contribution < -0.4 is 15.1 Å². The summed E-state index contributed by atoms with van der Waals surface area (Å²) in [5, 5.41) is 3.43. The number of benzene rings is 1. The fourth-order valence-electron chi connectivity index (χ4n) is 7.03. The number of anilines is 4. The number of nitrogens with zero attached hydrogens (tertiary/aromatic N) is 4. The molecule has 8 rings (SSSR count). The Labute approximate surface area is 225 Å². The third-order valence-corrected chi connectivity index (χ3v) is 8.91. The first-order chi connectivity index (χ1) is 18.8. The number of hydrogen-bond donors (Lipinski definition) is 1. The Morgan fingerprint density at radius 1 is 1.08 bits per heavy atom. The van der Waals surface area contributed by atoms with Crippen molar-refractivity contribution in [2.24, 2.45) is 5.92 Å². The zero-order valence-electron chi connectivity index (χ0n) is 21.6. The lowest BCUT2D eigenvalue weighted by Crippen LogP contribution is -2.60. The lowest BCUT2D eigenvalue weighted by Gasteiger charge is -2.48. The van der Waals surface area contributed by atoms with Gasteiger partial charge in [-0.2, -0.15) is 13.2 Å². The van der Waals surface area contributed by atoms with E-state index in [2.05, 4.69) is 27.3 Å². The monoisotopic (exact) mass is 543 g/mol. The van der Waals surface area contributed by atoms with Crippen LogP contribution in [0.2, 0.25) is 0 Å². The Morgan fingerprint density at radius 2 is 1.90 bits per heavy atom. The number of carbonyl (C=O) groups excluding carboxylic acids is 1. The molecule has 0 unspecified atom stereocenters. The van der Waals surface area contributed by atoms with Crippen LogP contribution in [0.25, 0.3) is 0 Å². The van der Waals surface area contributed by atoms with E-state index < -0.39 is 24.8 Å². The molecule has 1 aromatic heterocycles. The number of halogens is 3. The zero-order chi connectivity index (χ0) is 26.7. The van der Waals surface area contributed by atoms with Crippen LogP contribution in [-0.4, -0.2) is 79.1 Å². The van der Waals surface area contributed by atoms with Crippen molar-refractivity contribution in [2.45, 2.75) is 62.6 Å². The topological polar surface area (TPSA) is 70.2 Å². The molecular formula is C28H32F3N5O3. The van der Waals surface area contributed by atoms with E-state index in [4.69, 9.17) is 9.47 Å². The predicted molar refractivity (Wildman–Crippen MR) is 139 cm³/mol. The number of amides is 1. The van der Waals surface area contributed by atoms with Gasteiger partial charge in [0.25, 0.3) is 0 Å². The molecular weight excluding hydrogens is 511 g/mol. The van der Waals surface area contributed by atoms with Crippen LogP contribution >= 0.6 is 0 Å². The average Bonchev–Trinajstić information content (AvgIpc) is 3.08. The van der Waals surface area contributed by atoms with E-state index in [1.54, 1.807) is 6.20 Å².